The first-order valence-electron chi connectivity index (χ1n) is 7.45. The largest absolute Gasteiger partial charge is 0.406 e. The summed E-state index contributed by atoms with van der Waals surface area (Å²) >= 11 is 6.06. The van der Waals surface area contributed by atoms with Crippen LogP contribution >= 0.6 is 11.6 Å². The van der Waals surface area contributed by atoms with Crippen LogP contribution in [0.2, 0.25) is 5.02 Å². The lowest BCUT2D eigenvalue weighted by Crippen LogP contribution is -2.31. The molecule has 0 saturated heterocycles. The maximum Gasteiger partial charge on any atom is 0.406 e. The molecule has 2 aromatic rings. The van der Waals surface area contributed by atoms with Gasteiger partial charge in [-0.05, 0) is 31.7 Å². The quantitative estimate of drug-likeness (QED) is 0.842. The molecule has 136 valence electrons. The summed E-state index contributed by atoms with van der Waals surface area (Å²) in [5.41, 5.74) is 1.46. The van der Waals surface area contributed by atoms with E-state index in [1.807, 2.05) is 13.0 Å². The lowest BCUT2D eigenvalue weighted by atomic mass is 10.2. The first-order chi connectivity index (χ1) is 11.6. The Morgan fingerprint density at radius 2 is 2.12 bits per heavy atom. The SMILES string of the molecule is Cc1ccc(NC(=O)CN(C)Cc2nccn2CC(F)(F)F)c(Cl)c1. The van der Waals surface area contributed by atoms with Crippen molar-refractivity contribution in [2.75, 3.05) is 18.9 Å². The van der Waals surface area contributed by atoms with E-state index in [4.69, 9.17) is 11.6 Å². The Hall–Kier alpha value is -2.06. The Bertz CT molecular complexity index is 745. The van der Waals surface area contributed by atoms with E-state index in [0.29, 0.717) is 10.7 Å². The summed E-state index contributed by atoms with van der Waals surface area (Å²) in [6.45, 7) is 0.872. The number of alkyl halides is 3. The minimum Gasteiger partial charge on any atom is -0.325 e. The van der Waals surface area contributed by atoms with Gasteiger partial charge in [0.15, 0.2) is 0 Å². The van der Waals surface area contributed by atoms with E-state index in [1.165, 1.54) is 12.4 Å². The van der Waals surface area contributed by atoms with Crippen molar-refractivity contribution in [3.05, 3.63) is 47.0 Å². The van der Waals surface area contributed by atoms with Gasteiger partial charge in [0.05, 0.1) is 23.8 Å². The van der Waals surface area contributed by atoms with Crippen LogP contribution in [0.5, 0.6) is 0 Å². The molecule has 0 spiro atoms. The summed E-state index contributed by atoms with van der Waals surface area (Å²) in [5.74, 6) is -0.0804. The maximum atomic E-state index is 12.5. The van der Waals surface area contributed by atoms with Gasteiger partial charge in [-0.1, -0.05) is 17.7 Å². The molecule has 1 heterocycles. The van der Waals surface area contributed by atoms with Gasteiger partial charge in [0, 0.05) is 12.4 Å². The number of amides is 1. The normalized spacial score (nSPS) is 11.8. The number of aromatic nitrogens is 2. The van der Waals surface area contributed by atoms with Gasteiger partial charge < -0.3 is 9.88 Å². The standard InChI is InChI=1S/C16H18ClF3N4O/c1-11-3-4-13(12(17)7-11)22-15(25)9-23(2)8-14-21-5-6-24(14)10-16(18,19)20/h3-7H,8-10H2,1-2H3,(H,22,25). The van der Waals surface area contributed by atoms with Crippen LogP contribution in [0.25, 0.3) is 0 Å². The fourth-order valence-corrected chi connectivity index (χ4v) is 2.56. The molecule has 1 N–H and O–H groups in total. The van der Waals surface area contributed by atoms with E-state index < -0.39 is 12.7 Å². The van der Waals surface area contributed by atoms with Gasteiger partial charge in [-0.25, -0.2) is 4.98 Å². The zero-order valence-electron chi connectivity index (χ0n) is 13.8. The monoisotopic (exact) mass is 374 g/mol. The number of anilines is 1. The predicted molar refractivity (Wildman–Crippen MR) is 89.4 cm³/mol. The van der Waals surface area contributed by atoms with Crippen molar-refractivity contribution in [3.63, 3.8) is 0 Å². The highest BCUT2D eigenvalue weighted by Gasteiger charge is 2.29. The highest BCUT2D eigenvalue weighted by Crippen LogP contribution is 2.22. The second-order valence-corrected chi connectivity index (χ2v) is 6.20. The Morgan fingerprint density at radius 3 is 2.76 bits per heavy atom. The molecular formula is C16H18ClF3N4O. The van der Waals surface area contributed by atoms with Gasteiger partial charge in [-0.2, -0.15) is 13.2 Å². The lowest BCUT2D eigenvalue weighted by molar-refractivity contribution is -0.141. The fourth-order valence-electron chi connectivity index (χ4n) is 2.28. The maximum absolute atomic E-state index is 12.5. The zero-order chi connectivity index (χ0) is 18.6. The van der Waals surface area contributed by atoms with Crippen LogP contribution in [0.3, 0.4) is 0 Å². The molecule has 0 fully saturated rings. The van der Waals surface area contributed by atoms with Gasteiger partial charge in [-0.3, -0.25) is 9.69 Å². The predicted octanol–water partition coefficient (Wildman–Crippen LogP) is 3.48. The van der Waals surface area contributed by atoms with Crippen molar-refractivity contribution in [3.8, 4) is 0 Å². The summed E-state index contributed by atoms with van der Waals surface area (Å²) in [6, 6.07) is 5.25. The second-order valence-electron chi connectivity index (χ2n) is 5.79. The van der Waals surface area contributed by atoms with Crippen LogP contribution < -0.4 is 5.32 Å². The van der Waals surface area contributed by atoms with Crippen molar-refractivity contribution < 1.29 is 18.0 Å². The Labute approximate surface area is 148 Å². The fraction of sp³-hybridized carbons (Fsp3) is 0.375. The minimum absolute atomic E-state index is 0.0108. The number of aryl methyl sites for hydroxylation is 1. The van der Waals surface area contributed by atoms with Crippen molar-refractivity contribution in [2.45, 2.75) is 26.2 Å². The Morgan fingerprint density at radius 1 is 1.40 bits per heavy atom. The van der Waals surface area contributed by atoms with Crippen molar-refractivity contribution in [1.82, 2.24) is 14.5 Å². The van der Waals surface area contributed by atoms with Crippen LogP contribution in [-0.2, 0) is 17.9 Å². The van der Waals surface area contributed by atoms with Gasteiger partial charge in [0.1, 0.15) is 12.4 Å². The molecule has 1 aromatic carbocycles. The zero-order valence-corrected chi connectivity index (χ0v) is 14.5. The van der Waals surface area contributed by atoms with Crippen LogP contribution in [0.4, 0.5) is 18.9 Å². The number of benzene rings is 1. The van der Waals surface area contributed by atoms with E-state index in [0.717, 1.165) is 10.1 Å². The molecule has 2 rings (SSSR count). The first-order valence-corrected chi connectivity index (χ1v) is 7.83. The van der Waals surface area contributed by atoms with Gasteiger partial charge >= 0.3 is 6.18 Å². The number of nitrogens with zero attached hydrogens (tertiary/aromatic N) is 3. The number of imidazole rings is 1. The van der Waals surface area contributed by atoms with E-state index >= 15 is 0 Å². The molecule has 0 aliphatic rings. The molecule has 9 heteroatoms. The van der Waals surface area contributed by atoms with Crippen LogP contribution in [0.1, 0.15) is 11.4 Å². The van der Waals surface area contributed by atoms with E-state index in [-0.39, 0.29) is 24.8 Å². The van der Waals surface area contributed by atoms with E-state index in [1.54, 1.807) is 24.1 Å². The van der Waals surface area contributed by atoms with Crippen LogP contribution in [0, 0.1) is 6.92 Å². The third-order valence-electron chi connectivity index (χ3n) is 3.37. The third kappa shape index (κ3) is 6.06. The third-order valence-corrected chi connectivity index (χ3v) is 3.69. The van der Waals surface area contributed by atoms with Gasteiger partial charge in [0.2, 0.25) is 5.91 Å². The highest BCUT2D eigenvalue weighted by molar-refractivity contribution is 6.33. The molecule has 1 aromatic heterocycles. The molecule has 5 nitrogen and oxygen atoms in total. The summed E-state index contributed by atoms with van der Waals surface area (Å²) in [7, 11) is 1.63. The Kier molecular flexibility index (Phi) is 6.07. The number of hydrogen-bond acceptors (Lipinski definition) is 3. The molecular weight excluding hydrogens is 357 g/mol. The molecule has 0 unspecified atom stereocenters. The summed E-state index contributed by atoms with van der Waals surface area (Å²) in [6.07, 6.45) is -1.75. The number of carbonyl (C=O) groups is 1. The number of halogens is 4. The molecule has 0 bridgehead atoms. The van der Waals surface area contributed by atoms with Crippen molar-refractivity contribution in [2.24, 2.45) is 0 Å². The summed E-state index contributed by atoms with van der Waals surface area (Å²) in [5, 5.41) is 3.11. The van der Waals surface area contributed by atoms with Crippen molar-refractivity contribution in [1.29, 1.82) is 0 Å². The molecule has 1 amide bonds. The molecule has 0 atom stereocenters. The summed E-state index contributed by atoms with van der Waals surface area (Å²) < 4.78 is 38.6. The lowest BCUT2D eigenvalue weighted by Gasteiger charge is -2.18. The van der Waals surface area contributed by atoms with Crippen LogP contribution in [0.15, 0.2) is 30.6 Å². The minimum atomic E-state index is -4.33. The van der Waals surface area contributed by atoms with Crippen LogP contribution in [-0.4, -0.2) is 40.1 Å². The topological polar surface area (TPSA) is 50.2 Å². The molecule has 0 saturated carbocycles. The number of rotatable bonds is 6. The smallest absolute Gasteiger partial charge is 0.325 e. The molecule has 0 aliphatic carbocycles. The average Bonchev–Trinajstić information content (AvgIpc) is 2.86. The number of carbonyl (C=O) groups excluding carboxylic acids is 1. The number of hydrogen-bond donors (Lipinski definition) is 1. The van der Waals surface area contributed by atoms with E-state index in [9.17, 15) is 18.0 Å². The molecule has 25 heavy (non-hydrogen) atoms. The number of nitrogens with one attached hydrogen (secondary N) is 1. The highest BCUT2D eigenvalue weighted by atomic mass is 35.5. The summed E-state index contributed by atoms with van der Waals surface area (Å²) in [4.78, 5) is 17.6. The van der Waals surface area contributed by atoms with E-state index in [2.05, 4.69) is 10.3 Å². The van der Waals surface area contributed by atoms with Gasteiger partial charge in [0.25, 0.3) is 0 Å². The molecule has 0 radical (unpaired) electrons. The Balaban J connectivity index is 1.93. The average molecular weight is 375 g/mol. The van der Waals surface area contributed by atoms with Gasteiger partial charge in [-0.15, -0.1) is 0 Å². The number of likely N-dealkylation sites (N-methyl/N-ethyl adjacent to an activating group) is 1. The first kappa shape index (κ1) is 19.3. The molecule has 0 aliphatic heterocycles. The van der Waals surface area contributed by atoms with Crippen molar-refractivity contribution >= 4 is 23.2 Å². The second kappa shape index (κ2) is 7.88.